The molecule has 8 nitrogen and oxygen atoms in total. The minimum absolute atomic E-state index is 0.0827. The minimum Gasteiger partial charge on any atom is -0.325 e. The highest BCUT2D eigenvalue weighted by molar-refractivity contribution is 7.89. The van der Waals surface area contributed by atoms with Crippen LogP contribution >= 0.6 is 0 Å². The molecule has 0 spiro atoms. The predicted octanol–water partition coefficient (Wildman–Crippen LogP) is 1.61. The van der Waals surface area contributed by atoms with E-state index in [4.69, 9.17) is 0 Å². The number of anilines is 1. The van der Waals surface area contributed by atoms with E-state index in [1.807, 2.05) is 6.92 Å². The van der Waals surface area contributed by atoms with Gasteiger partial charge in [0, 0.05) is 12.2 Å². The van der Waals surface area contributed by atoms with Crippen LogP contribution in [0.1, 0.15) is 34.1 Å². The summed E-state index contributed by atoms with van der Waals surface area (Å²) in [5, 5.41) is 2.56. The van der Waals surface area contributed by atoms with Crippen molar-refractivity contribution in [2.45, 2.75) is 18.2 Å². The van der Waals surface area contributed by atoms with Gasteiger partial charge in [-0.25, -0.2) is 13.1 Å². The molecule has 1 aliphatic rings. The van der Waals surface area contributed by atoms with Crippen LogP contribution in [-0.2, 0) is 14.8 Å². The Hall–Kier alpha value is -3.04. The van der Waals surface area contributed by atoms with E-state index in [-0.39, 0.29) is 16.0 Å². The zero-order chi connectivity index (χ0) is 20.3. The standard InChI is InChI=1S/C19H19N3O5S/c1-2-11-20-28(26,27)14-9-7-13(8-10-14)21-17(23)12-22-18(24)15-5-3-4-6-16(15)19(22)25/h3-10,20H,2,11-12H2,1H3,(H,21,23). The molecule has 0 fully saturated rings. The zero-order valence-electron chi connectivity index (χ0n) is 15.1. The van der Waals surface area contributed by atoms with Crippen molar-refractivity contribution in [1.29, 1.82) is 0 Å². The van der Waals surface area contributed by atoms with E-state index >= 15 is 0 Å². The fourth-order valence-electron chi connectivity index (χ4n) is 2.76. The molecule has 3 amide bonds. The molecule has 0 atom stereocenters. The Balaban J connectivity index is 1.65. The van der Waals surface area contributed by atoms with Crippen LogP contribution in [0.2, 0.25) is 0 Å². The first-order valence-corrected chi connectivity index (χ1v) is 10.2. The Bertz CT molecular complexity index is 997. The van der Waals surface area contributed by atoms with Crippen LogP contribution in [0.25, 0.3) is 0 Å². The highest BCUT2D eigenvalue weighted by atomic mass is 32.2. The Kier molecular flexibility index (Phi) is 5.57. The topological polar surface area (TPSA) is 113 Å². The number of fused-ring (bicyclic) bond motifs is 1. The summed E-state index contributed by atoms with van der Waals surface area (Å²) < 4.78 is 26.6. The number of rotatable bonds is 7. The monoisotopic (exact) mass is 401 g/mol. The molecule has 0 saturated heterocycles. The molecular formula is C19H19N3O5S. The predicted molar refractivity (Wildman–Crippen MR) is 102 cm³/mol. The summed E-state index contributed by atoms with van der Waals surface area (Å²) >= 11 is 0. The molecule has 0 radical (unpaired) electrons. The quantitative estimate of drug-likeness (QED) is 0.685. The molecule has 1 heterocycles. The van der Waals surface area contributed by atoms with E-state index in [0.717, 1.165) is 4.90 Å². The minimum atomic E-state index is -3.59. The molecule has 0 aromatic heterocycles. The Morgan fingerprint density at radius 1 is 0.964 bits per heavy atom. The van der Waals surface area contributed by atoms with Crippen molar-refractivity contribution in [3.05, 3.63) is 59.7 Å². The third-order valence-electron chi connectivity index (χ3n) is 4.17. The van der Waals surface area contributed by atoms with Gasteiger partial charge in [-0.05, 0) is 42.8 Å². The fraction of sp³-hybridized carbons (Fsp3) is 0.211. The summed E-state index contributed by atoms with van der Waals surface area (Å²) in [5.74, 6) is -1.59. The maximum Gasteiger partial charge on any atom is 0.262 e. The van der Waals surface area contributed by atoms with Gasteiger partial charge in [-0.2, -0.15) is 0 Å². The van der Waals surface area contributed by atoms with Gasteiger partial charge in [-0.15, -0.1) is 0 Å². The van der Waals surface area contributed by atoms with Gasteiger partial charge >= 0.3 is 0 Å². The van der Waals surface area contributed by atoms with E-state index in [1.54, 1.807) is 24.3 Å². The first kappa shape index (κ1) is 19.7. The summed E-state index contributed by atoms with van der Waals surface area (Å²) in [4.78, 5) is 37.8. The van der Waals surface area contributed by atoms with Gasteiger partial charge in [0.25, 0.3) is 11.8 Å². The molecule has 2 aromatic rings. The van der Waals surface area contributed by atoms with Gasteiger partial charge in [0.1, 0.15) is 6.54 Å². The van der Waals surface area contributed by atoms with Crippen LogP contribution in [0.15, 0.2) is 53.4 Å². The lowest BCUT2D eigenvalue weighted by molar-refractivity contribution is -0.116. The SMILES string of the molecule is CCCNS(=O)(=O)c1ccc(NC(=O)CN2C(=O)c3ccccc3C2=O)cc1. The van der Waals surface area contributed by atoms with Crippen LogP contribution in [0.3, 0.4) is 0 Å². The first-order valence-electron chi connectivity index (χ1n) is 8.68. The molecular weight excluding hydrogens is 382 g/mol. The number of nitrogens with zero attached hydrogens (tertiary/aromatic N) is 1. The van der Waals surface area contributed by atoms with Crippen molar-refractivity contribution < 1.29 is 22.8 Å². The van der Waals surface area contributed by atoms with Crippen molar-refractivity contribution in [1.82, 2.24) is 9.62 Å². The molecule has 1 aliphatic heterocycles. The molecule has 9 heteroatoms. The second-order valence-electron chi connectivity index (χ2n) is 6.21. The number of hydrogen-bond donors (Lipinski definition) is 2. The maximum atomic E-state index is 12.3. The Morgan fingerprint density at radius 2 is 1.54 bits per heavy atom. The van der Waals surface area contributed by atoms with Crippen molar-refractivity contribution >= 4 is 33.4 Å². The van der Waals surface area contributed by atoms with Crippen molar-refractivity contribution in [3.8, 4) is 0 Å². The van der Waals surface area contributed by atoms with Crippen LogP contribution in [-0.4, -0.2) is 44.1 Å². The van der Waals surface area contributed by atoms with Gasteiger partial charge in [-0.1, -0.05) is 19.1 Å². The number of carbonyl (C=O) groups excluding carboxylic acids is 3. The summed E-state index contributed by atoms with van der Waals surface area (Å²) in [6.07, 6.45) is 0.672. The molecule has 3 rings (SSSR count). The smallest absolute Gasteiger partial charge is 0.262 e. The zero-order valence-corrected chi connectivity index (χ0v) is 16.0. The van der Waals surface area contributed by atoms with Crippen LogP contribution in [0.4, 0.5) is 5.69 Å². The summed E-state index contributed by atoms with van der Waals surface area (Å²) in [6.45, 7) is 1.76. The molecule has 0 saturated carbocycles. The number of carbonyl (C=O) groups is 3. The fourth-order valence-corrected chi connectivity index (χ4v) is 3.90. The first-order chi connectivity index (χ1) is 13.3. The van der Waals surface area contributed by atoms with Crippen LogP contribution in [0, 0.1) is 0 Å². The average molecular weight is 401 g/mol. The van der Waals surface area contributed by atoms with Crippen molar-refractivity contribution in [2.24, 2.45) is 0 Å². The van der Waals surface area contributed by atoms with E-state index in [2.05, 4.69) is 10.0 Å². The summed E-state index contributed by atoms with van der Waals surface area (Å²) in [7, 11) is -3.59. The lowest BCUT2D eigenvalue weighted by Crippen LogP contribution is -2.37. The van der Waals surface area contributed by atoms with Gasteiger partial charge in [0.05, 0.1) is 16.0 Å². The number of benzene rings is 2. The van der Waals surface area contributed by atoms with Crippen molar-refractivity contribution in [2.75, 3.05) is 18.4 Å². The molecule has 2 aromatic carbocycles. The third-order valence-corrected chi connectivity index (χ3v) is 5.65. The van der Waals surface area contributed by atoms with Gasteiger partial charge < -0.3 is 5.32 Å². The average Bonchev–Trinajstić information content (AvgIpc) is 2.92. The highest BCUT2D eigenvalue weighted by Gasteiger charge is 2.36. The number of imide groups is 1. The molecule has 0 unspecified atom stereocenters. The molecule has 2 N–H and O–H groups in total. The lowest BCUT2D eigenvalue weighted by atomic mass is 10.1. The molecule has 0 aliphatic carbocycles. The number of amides is 3. The number of sulfonamides is 1. The number of hydrogen-bond acceptors (Lipinski definition) is 5. The van der Waals surface area contributed by atoms with E-state index < -0.39 is 34.3 Å². The molecule has 28 heavy (non-hydrogen) atoms. The molecule has 146 valence electrons. The van der Waals surface area contributed by atoms with E-state index in [0.29, 0.717) is 18.7 Å². The maximum absolute atomic E-state index is 12.3. The largest absolute Gasteiger partial charge is 0.325 e. The Morgan fingerprint density at radius 3 is 2.07 bits per heavy atom. The van der Waals surface area contributed by atoms with Gasteiger partial charge in [0.2, 0.25) is 15.9 Å². The van der Waals surface area contributed by atoms with E-state index in [1.165, 1.54) is 24.3 Å². The lowest BCUT2D eigenvalue weighted by Gasteiger charge is -2.14. The van der Waals surface area contributed by atoms with Gasteiger partial charge in [-0.3, -0.25) is 19.3 Å². The second-order valence-corrected chi connectivity index (χ2v) is 7.98. The van der Waals surface area contributed by atoms with Gasteiger partial charge in [0.15, 0.2) is 0 Å². The number of nitrogens with one attached hydrogen (secondary N) is 2. The molecule has 0 bridgehead atoms. The highest BCUT2D eigenvalue weighted by Crippen LogP contribution is 2.22. The normalized spacial score (nSPS) is 13.5. The van der Waals surface area contributed by atoms with Crippen LogP contribution < -0.4 is 10.0 Å². The van der Waals surface area contributed by atoms with Crippen molar-refractivity contribution in [3.63, 3.8) is 0 Å². The summed E-state index contributed by atoms with van der Waals surface area (Å²) in [5.41, 5.74) is 0.903. The second kappa shape index (κ2) is 7.91. The van der Waals surface area contributed by atoms with E-state index in [9.17, 15) is 22.8 Å². The third kappa shape index (κ3) is 3.95. The Labute approximate surface area is 162 Å². The summed E-state index contributed by atoms with van der Waals surface area (Å²) in [6, 6.07) is 12.0. The van der Waals surface area contributed by atoms with Crippen LogP contribution in [0.5, 0.6) is 0 Å².